The van der Waals surface area contributed by atoms with E-state index in [2.05, 4.69) is 97.1 Å². The largest absolute Gasteiger partial charge is 0.309 e. The maximum Gasteiger partial charge on any atom is 0.166 e. The van der Waals surface area contributed by atoms with Crippen molar-refractivity contribution in [2.24, 2.45) is 0 Å². The minimum Gasteiger partial charge on any atom is -0.309 e. The summed E-state index contributed by atoms with van der Waals surface area (Å²) in [6.07, 6.45) is 7.56. The summed E-state index contributed by atoms with van der Waals surface area (Å²) in [5.41, 5.74) is 9.12. The minimum atomic E-state index is -3.00. The van der Waals surface area contributed by atoms with Gasteiger partial charge in [0.1, 0.15) is 5.65 Å². The maximum absolute atomic E-state index is 14.9. The number of aryl methyl sites for hydroxylation is 1. The number of fused-ring (bicyclic) bond motifs is 8. The smallest absolute Gasteiger partial charge is 0.166 e. The lowest BCUT2D eigenvalue weighted by atomic mass is 9.95. The zero-order valence-electron chi connectivity index (χ0n) is 26.3. The van der Waals surface area contributed by atoms with Gasteiger partial charge in [0.15, 0.2) is 7.14 Å². The highest BCUT2D eigenvalue weighted by atomic mass is 31.2. The van der Waals surface area contributed by atoms with E-state index in [4.69, 9.17) is 4.98 Å². The number of hydrogen-bond acceptors (Lipinski definition) is 2. The van der Waals surface area contributed by atoms with Crippen LogP contribution in [0.5, 0.6) is 0 Å². The first kappa shape index (κ1) is 28.5. The Morgan fingerprint density at radius 3 is 2.15 bits per heavy atom. The molecule has 0 saturated heterocycles. The number of aromatic nitrogens is 2. The molecule has 3 nitrogen and oxygen atoms in total. The molecule has 1 atom stereocenters. The molecule has 0 N–H and O–H groups in total. The zero-order chi connectivity index (χ0) is 31.4. The molecule has 0 spiro atoms. The molecule has 0 unspecified atom stereocenters. The standard InChI is InChI=1S/C42H35N2OP/c1-28-13-12-19-39-41(28)44-40-20-11-10-18-37(40)36-24-23-33(27-38(36)42(44)43-39)32-22-21-31(29(2)25-32)26-30(3)46(45,34-14-6-4-7-15-34)35-16-8-5-9-17-35/h4-12,14-28H,13H2,1-3H3/b30-26+/t28-/m1/s1. The number of rotatable bonds is 5. The first-order valence-corrected chi connectivity index (χ1v) is 17.7. The molecule has 2 aromatic heterocycles. The second kappa shape index (κ2) is 11.1. The number of pyridine rings is 1. The first-order chi connectivity index (χ1) is 22.4. The molecule has 0 aliphatic heterocycles. The van der Waals surface area contributed by atoms with E-state index >= 15 is 0 Å². The maximum atomic E-state index is 14.9. The van der Waals surface area contributed by atoms with Crippen molar-refractivity contribution in [1.29, 1.82) is 0 Å². The average molecular weight is 615 g/mol. The Labute approximate surface area is 269 Å². The van der Waals surface area contributed by atoms with Crippen molar-refractivity contribution in [3.63, 3.8) is 0 Å². The summed E-state index contributed by atoms with van der Waals surface area (Å²) >= 11 is 0. The van der Waals surface area contributed by atoms with Gasteiger partial charge < -0.3 is 4.57 Å². The quantitative estimate of drug-likeness (QED) is 0.143. The molecular formula is C42H35N2OP. The van der Waals surface area contributed by atoms with Crippen LogP contribution in [0.2, 0.25) is 0 Å². The summed E-state index contributed by atoms with van der Waals surface area (Å²) in [5.74, 6) is 0.407. The number of hydrogen-bond donors (Lipinski definition) is 0. The molecule has 2 heterocycles. The molecule has 1 aliphatic rings. The predicted molar refractivity (Wildman–Crippen MR) is 196 cm³/mol. The van der Waals surface area contributed by atoms with Crippen molar-refractivity contribution < 1.29 is 4.57 Å². The highest BCUT2D eigenvalue weighted by Crippen LogP contribution is 2.52. The Hall–Kier alpha value is -4.98. The SMILES string of the molecule is C/C(=C\c1ccc(-c2ccc3c4ccccc4n4c5c(nc4c3c2)C=CC[C@H]5C)cc1C)P(=O)(c1ccccc1)c1ccccc1. The molecule has 4 heteroatoms. The lowest BCUT2D eigenvalue weighted by Crippen LogP contribution is -2.16. The van der Waals surface area contributed by atoms with Crippen LogP contribution in [-0.2, 0) is 4.57 Å². The van der Waals surface area contributed by atoms with Gasteiger partial charge in [0.2, 0.25) is 0 Å². The van der Waals surface area contributed by atoms with E-state index in [-0.39, 0.29) is 0 Å². The van der Waals surface area contributed by atoms with Gasteiger partial charge in [-0.15, -0.1) is 0 Å². The molecule has 5 aromatic carbocycles. The summed E-state index contributed by atoms with van der Waals surface area (Å²) in [6.45, 7) is 6.44. The summed E-state index contributed by atoms with van der Waals surface area (Å²) in [4.78, 5) is 5.20. The van der Waals surface area contributed by atoms with E-state index in [1.54, 1.807) is 0 Å². The second-order valence-corrected chi connectivity index (χ2v) is 15.5. The average Bonchev–Trinajstić information content (AvgIpc) is 3.51. The molecule has 1 aliphatic carbocycles. The third kappa shape index (κ3) is 4.49. The van der Waals surface area contributed by atoms with Crippen LogP contribution in [0.1, 0.15) is 48.7 Å². The number of para-hydroxylation sites is 1. The third-order valence-corrected chi connectivity index (χ3v) is 12.7. The van der Waals surface area contributed by atoms with Gasteiger partial charge in [-0.05, 0) is 77.5 Å². The highest BCUT2D eigenvalue weighted by Gasteiger charge is 2.29. The monoisotopic (exact) mass is 614 g/mol. The number of benzene rings is 5. The van der Waals surface area contributed by atoms with Crippen molar-refractivity contribution in [2.45, 2.75) is 33.1 Å². The fraction of sp³-hybridized carbons (Fsp3) is 0.119. The van der Waals surface area contributed by atoms with Crippen LogP contribution in [-0.4, -0.2) is 9.38 Å². The zero-order valence-corrected chi connectivity index (χ0v) is 27.2. The molecule has 0 bridgehead atoms. The van der Waals surface area contributed by atoms with Gasteiger partial charge in [-0.2, -0.15) is 0 Å². The number of imidazole rings is 1. The van der Waals surface area contributed by atoms with Crippen molar-refractivity contribution in [1.82, 2.24) is 9.38 Å². The highest BCUT2D eigenvalue weighted by molar-refractivity contribution is 7.82. The van der Waals surface area contributed by atoms with Gasteiger partial charge in [0, 0.05) is 27.3 Å². The van der Waals surface area contributed by atoms with Crippen molar-refractivity contribution >= 4 is 57.2 Å². The fourth-order valence-electron chi connectivity index (χ4n) is 7.17. The van der Waals surface area contributed by atoms with E-state index in [0.717, 1.165) is 61.3 Å². The van der Waals surface area contributed by atoms with Gasteiger partial charge in [-0.1, -0.05) is 122 Å². The van der Waals surface area contributed by atoms with Crippen molar-refractivity contribution in [3.8, 4) is 11.1 Å². The van der Waals surface area contributed by atoms with Gasteiger partial charge in [0.05, 0.1) is 16.9 Å². The summed E-state index contributed by atoms with van der Waals surface area (Å²) in [5, 5.41) is 6.19. The second-order valence-electron chi connectivity index (χ2n) is 12.5. The van der Waals surface area contributed by atoms with Crippen LogP contribution in [0.25, 0.3) is 50.6 Å². The van der Waals surface area contributed by atoms with Crippen molar-refractivity contribution in [2.75, 3.05) is 0 Å². The molecule has 8 rings (SSSR count). The van der Waals surface area contributed by atoms with Crippen LogP contribution in [0.15, 0.2) is 133 Å². The Balaban J connectivity index is 1.24. The van der Waals surface area contributed by atoms with Crippen LogP contribution < -0.4 is 10.6 Å². The minimum absolute atomic E-state index is 0.407. The summed E-state index contributed by atoms with van der Waals surface area (Å²) < 4.78 is 17.3. The fourth-order valence-corrected chi connectivity index (χ4v) is 9.79. The van der Waals surface area contributed by atoms with Crippen molar-refractivity contribution in [3.05, 3.63) is 155 Å². The molecule has 0 fully saturated rings. The van der Waals surface area contributed by atoms with Gasteiger partial charge in [0.25, 0.3) is 0 Å². The van der Waals surface area contributed by atoms with E-state index in [9.17, 15) is 4.57 Å². The van der Waals surface area contributed by atoms with Crippen LogP contribution in [0, 0.1) is 6.92 Å². The molecule has 0 radical (unpaired) electrons. The Morgan fingerprint density at radius 2 is 1.43 bits per heavy atom. The van der Waals surface area contributed by atoms with E-state index in [0.29, 0.717) is 5.92 Å². The van der Waals surface area contributed by atoms with Gasteiger partial charge >= 0.3 is 0 Å². The van der Waals surface area contributed by atoms with Crippen LogP contribution in [0.4, 0.5) is 0 Å². The molecule has 0 amide bonds. The topological polar surface area (TPSA) is 34.4 Å². The third-order valence-electron chi connectivity index (χ3n) is 9.57. The van der Waals surface area contributed by atoms with E-state index in [1.807, 2.05) is 67.6 Å². The van der Waals surface area contributed by atoms with E-state index < -0.39 is 7.14 Å². The van der Waals surface area contributed by atoms with Crippen LogP contribution in [0.3, 0.4) is 0 Å². The normalized spacial score (nSPS) is 15.1. The number of allylic oxidation sites excluding steroid dienone is 2. The lowest BCUT2D eigenvalue weighted by molar-refractivity contribution is 0.590. The first-order valence-electron chi connectivity index (χ1n) is 16.0. The summed E-state index contributed by atoms with van der Waals surface area (Å²) in [6, 6.07) is 41.8. The van der Waals surface area contributed by atoms with Crippen LogP contribution >= 0.6 is 7.14 Å². The van der Waals surface area contributed by atoms with Gasteiger partial charge in [-0.25, -0.2) is 4.98 Å². The van der Waals surface area contributed by atoms with E-state index in [1.165, 1.54) is 22.0 Å². The Morgan fingerprint density at radius 1 is 0.783 bits per heavy atom. The Bertz CT molecular complexity index is 2360. The number of nitrogens with zero attached hydrogens (tertiary/aromatic N) is 2. The molecule has 0 saturated carbocycles. The van der Waals surface area contributed by atoms with Gasteiger partial charge in [-0.3, -0.25) is 4.40 Å². The molecule has 224 valence electrons. The lowest BCUT2D eigenvalue weighted by Gasteiger charge is -2.21. The molecule has 46 heavy (non-hydrogen) atoms. The molecular weight excluding hydrogens is 579 g/mol. The predicted octanol–water partition coefficient (Wildman–Crippen LogP) is 10.5. The summed E-state index contributed by atoms with van der Waals surface area (Å²) in [7, 11) is -3.00. The molecule has 7 aromatic rings. The Kier molecular flexibility index (Phi) is 6.89.